The van der Waals surface area contributed by atoms with Gasteiger partial charge in [0.2, 0.25) is 5.91 Å². The van der Waals surface area contributed by atoms with E-state index in [9.17, 15) is 4.79 Å². The molecule has 0 radical (unpaired) electrons. The van der Waals surface area contributed by atoms with Crippen molar-refractivity contribution in [2.45, 2.75) is 31.7 Å². The Kier molecular flexibility index (Phi) is 4.18. The first-order valence-electron chi connectivity index (χ1n) is 6.32. The maximum absolute atomic E-state index is 12.2. The van der Waals surface area contributed by atoms with E-state index >= 15 is 0 Å². The summed E-state index contributed by atoms with van der Waals surface area (Å²) in [7, 11) is 1.73. The van der Waals surface area contributed by atoms with Crippen molar-refractivity contribution in [3.63, 3.8) is 0 Å². The van der Waals surface area contributed by atoms with Crippen LogP contribution in [0.5, 0.6) is 0 Å². The highest BCUT2D eigenvalue weighted by Crippen LogP contribution is 2.19. The fraction of sp³-hybridized carbons (Fsp3) is 0.917. The molecule has 0 spiro atoms. The Labute approximate surface area is 97.3 Å². The normalized spacial score (nSPS) is 30.7. The number of piperidine rings is 1. The average molecular weight is 226 g/mol. The van der Waals surface area contributed by atoms with E-state index in [-0.39, 0.29) is 6.04 Å². The lowest BCUT2D eigenvalue weighted by Crippen LogP contribution is -2.47. The van der Waals surface area contributed by atoms with Crippen molar-refractivity contribution in [3.8, 4) is 0 Å². The van der Waals surface area contributed by atoms with Crippen molar-refractivity contribution in [3.05, 3.63) is 0 Å². The van der Waals surface area contributed by atoms with Gasteiger partial charge in [0.1, 0.15) is 0 Å². The molecule has 4 heteroatoms. The van der Waals surface area contributed by atoms with Gasteiger partial charge in [0.05, 0.1) is 12.6 Å². The van der Waals surface area contributed by atoms with Gasteiger partial charge in [0.15, 0.2) is 0 Å². The SMILES string of the molecule is COCC1CCN(C(=O)C2CCCCN2)C1. The molecule has 2 fully saturated rings. The molecule has 2 aliphatic heterocycles. The van der Waals surface area contributed by atoms with Crippen LogP contribution in [0, 0.1) is 5.92 Å². The number of likely N-dealkylation sites (tertiary alicyclic amines) is 1. The molecule has 0 aromatic rings. The minimum atomic E-state index is 0.0787. The van der Waals surface area contributed by atoms with Crippen LogP contribution in [0.15, 0.2) is 0 Å². The predicted molar refractivity (Wildman–Crippen MR) is 62.2 cm³/mol. The van der Waals surface area contributed by atoms with Crippen molar-refractivity contribution in [1.82, 2.24) is 10.2 Å². The van der Waals surface area contributed by atoms with Crippen LogP contribution in [0.3, 0.4) is 0 Å². The number of carbonyl (C=O) groups excluding carboxylic acids is 1. The highest BCUT2D eigenvalue weighted by atomic mass is 16.5. The van der Waals surface area contributed by atoms with Gasteiger partial charge in [-0.15, -0.1) is 0 Å². The van der Waals surface area contributed by atoms with Crippen molar-refractivity contribution in [2.75, 3.05) is 33.4 Å². The van der Waals surface area contributed by atoms with Gasteiger partial charge in [-0.25, -0.2) is 0 Å². The van der Waals surface area contributed by atoms with E-state index in [0.717, 1.165) is 39.1 Å². The summed E-state index contributed by atoms with van der Waals surface area (Å²) in [5.41, 5.74) is 0. The Morgan fingerprint density at radius 1 is 1.44 bits per heavy atom. The minimum Gasteiger partial charge on any atom is -0.384 e. The van der Waals surface area contributed by atoms with Gasteiger partial charge in [0.25, 0.3) is 0 Å². The van der Waals surface area contributed by atoms with Crippen LogP contribution in [-0.4, -0.2) is 50.2 Å². The fourth-order valence-corrected chi connectivity index (χ4v) is 2.69. The van der Waals surface area contributed by atoms with Crippen LogP contribution < -0.4 is 5.32 Å². The first-order chi connectivity index (χ1) is 7.81. The van der Waals surface area contributed by atoms with Gasteiger partial charge < -0.3 is 15.0 Å². The molecule has 92 valence electrons. The Morgan fingerprint density at radius 3 is 3.00 bits per heavy atom. The monoisotopic (exact) mass is 226 g/mol. The third-order valence-electron chi connectivity index (χ3n) is 3.61. The van der Waals surface area contributed by atoms with E-state index in [1.54, 1.807) is 7.11 Å². The standard InChI is InChI=1S/C12H22N2O2/c1-16-9-10-5-7-14(8-10)12(15)11-4-2-3-6-13-11/h10-11,13H,2-9H2,1H3. The second-order valence-electron chi connectivity index (χ2n) is 4.90. The number of nitrogens with one attached hydrogen (secondary N) is 1. The summed E-state index contributed by atoms with van der Waals surface area (Å²) < 4.78 is 5.15. The summed E-state index contributed by atoms with van der Waals surface area (Å²) in [5, 5.41) is 3.32. The lowest BCUT2D eigenvalue weighted by atomic mass is 10.0. The summed E-state index contributed by atoms with van der Waals surface area (Å²) in [6, 6.07) is 0.0787. The first kappa shape index (κ1) is 11.9. The van der Waals surface area contributed by atoms with Crippen molar-refractivity contribution < 1.29 is 9.53 Å². The molecule has 2 atom stereocenters. The zero-order valence-electron chi connectivity index (χ0n) is 10.1. The molecule has 4 nitrogen and oxygen atoms in total. The molecule has 0 aromatic carbocycles. The van der Waals surface area contributed by atoms with Crippen molar-refractivity contribution in [1.29, 1.82) is 0 Å². The number of hydrogen-bond acceptors (Lipinski definition) is 3. The molecule has 2 heterocycles. The van der Waals surface area contributed by atoms with Crippen molar-refractivity contribution >= 4 is 5.91 Å². The summed E-state index contributed by atoms with van der Waals surface area (Å²) in [6.45, 7) is 3.56. The largest absolute Gasteiger partial charge is 0.384 e. The minimum absolute atomic E-state index is 0.0787. The quantitative estimate of drug-likeness (QED) is 0.767. The van der Waals surface area contributed by atoms with Crippen LogP contribution in [-0.2, 0) is 9.53 Å². The van der Waals surface area contributed by atoms with Gasteiger partial charge >= 0.3 is 0 Å². The van der Waals surface area contributed by atoms with E-state index in [1.165, 1.54) is 12.8 Å². The molecule has 1 amide bonds. The maximum atomic E-state index is 12.2. The molecule has 0 bridgehead atoms. The van der Waals surface area contributed by atoms with Crippen LogP contribution in [0.4, 0.5) is 0 Å². The predicted octanol–water partition coefficient (Wildman–Crippen LogP) is 0.623. The van der Waals surface area contributed by atoms with Gasteiger partial charge in [0, 0.05) is 26.1 Å². The molecule has 2 saturated heterocycles. The van der Waals surface area contributed by atoms with Crippen LogP contribution >= 0.6 is 0 Å². The zero-order chi connectivity index (χ0) is 11.4. The molecule has 0 saturated carbocycles. The maximum Gasteiger partial charge on any atom is 0.239 e. The first-order valence-corrected chi connectivity index (χ1v) is 6.32. The Bertz CT molecular complexity index is 239. The number of rotatable bonds is 3. The van der Waals surface area contributed by atoms with Gasteiger partial charge in [-0.2, -0.15) is 0 Å². The summed E-state index contributed by atoms with van der Waals surface area (Å²) in [5.74, 6) is 0.843. The van der Waals surface area contributed by atoms with Gasteiger partial charge in [-0.1, -0.05) is 6.42 Å². The Balaban J connectivity index is 1.81. The molecular formula is C12H22N2O2. The summed E-state index contributed by atoms with van der Waals surface area (Å²) in [6.07, 6.45) is 4.48. The summed E-state index contributed by atoms with van der Waals surface area (Å²) in [4.78, 5) is 14.2. The molecule has 16 heavy (non-hydrogen) atoms. The molecule has 2 rings (SSSR count). The molecule has 0 aromatic heterocycles. The summed E-state index contributed by atoms with van der Waals surface area (Å²) >= 11 is 0. The van der Waals surface area contributed by atoms with E-state index in [4.69, 9.17) is 4.74 Å². The van der Waals surface area contributed by atoms with E-state index < -0.39 is 0 Å². The average Bonchev–Trinajstić information content (AvgIpc) is 2.78. The van der Waals surface area contributed by atoms with Gasteiger partial charge in [-0.05, 0) is 25.8 Å². The number of amides is 1. The smallest absolute Gasteiger partial charge is 0.239 e. The molecule has 0 aliphatic carbocycles. The highest BCUT2D eigenvalue weighted by Gasteiger charge is 2.31. The Morgan fingerprint density at radius 2 is 2.31 bits per heavy atom. The number of methoxy groups -OCH3 is 1. The van der Waals surface area contributed by atoms with Crippen LogP contribution in [0.25, 0.3) is 0 Å². The highest BCUT2D eigenvalue weighted by molar-refractivity contribution is 5.82. The lowest BCUT2D eigenvalue weighted by Gasteiger charge is -2.27. The van der Waals surface area contributed by atoms with E-state index in [2.05, 4.69) is 5.32 Å². The third-order valence-corrected chi connectivity index (χ3v) is 3.61. The molecule has 1 N–H and O–H groups in total. The van der Waals surface area contributed by atoms with E-state index in [0.29, 0.717) is 11.8 Å². The molecular weight excluding hydrogens is 204 g/mol. The lowest BCUT2D eigenvalue weighted by molar-refractivity contribution is -0.133. The third kappa shape index (κ3) is 2.74. The number of ether oxygens (including phenoxy) is 1. The van der Waals surface area contributed by atoms with Gasteiger partial charge in [-0.3, -0.25) is 4.79 Å². The Hall–Kier alpha value is -0.610. The number of hydrogen-bond donors (Lipinski definition) is 1. The number of carbonyl (C=O) groups is 1. The second kappa shape index (κ2) is 5.64. The van der Waals surface area contributed by atoms with Crippen LogP contribution in [0.2, 0.25) is 0 Å². The molecule has 2 aliphatic rings. The molecule has 2 unspecified atom stereocenters. The van der Waals surface area contributed by atoms with E-state index in [1.807, 2.05) is 4.90 Å². The number of nitrogens with zero attached hydrogens (tertiary/aromatic N) is 1. The fourth-order valence-electron chi connectivity index (χ4n) is 2.69. The topological polar surface area (TPSA) is 41.6 Å². The van der Waals surface area contributed by atoms with Crippen molar-refractivity contribution in [2.24, 2.45) is 5.92 Å². The second-order valence-corrected chi connectivity index (χ2v) is 4.90. The van der Waals surface area contributed by atoms with Crippen LogP contribution in [0.1, 0.15) is 25.7 Å². The zero-order valence-corrected chi connectivity index (χ0v) is 10.1.